The van der Waals surface area contributed by atoms with Crippen molar-refractivity contribution in [3.05, 3.63) is 29.6 Å². The lowest BCUT2D eigenvalue weighted by Crippen LogP contribution is -2.21. The Bertz CT molecular complexity index is 687. The van der Waals surface area contributed by atoms with E-state index in [4.69, 9.17) is 16.8 Å². The second-order valence-corrected chi connectivity index (χ2v) is 4.65. The number of nitrogen functional groups attached to an aromatic ring is 2. The summed E-state index contributed by atoms with van der Waals surface area (Å²) in [4.78, 5) is 0.384. The van der Waals surface area contributed by atoms with Crippen molar-refractivity contribution >= 4 is 17.4 Å². The highest BCUT2D eigenvalue weighted by atomic mass is 32.2. The number of nitriles is 1. The molecule has 6 nitrogen and oxygen atoms in total. The van der Waals surface area contributed by atoms with E-state index in [-0.39, 0.29) is 10.7 Å². The van der Waals surface area contributed by atoms with Crippen LogP contribution in [-0.2, 0) is 6.18 Å². The fourth-order valence-electron chi connectivity index (χ4n) is 1.36. The molecule has 20 heavy (non-hydrogen) atoms. The molecular formula is C10H7F3N6S. The zero-order valence-electron chi connectivity index (χ0n) is 9.72. The molecule has 2 aromatic rings. The maximum Gasteiger partial charge on any atom is 0.453 e. The summed E-state index contributed by atoms with van der Waals surface area (Å²) in [6, 6.07) is 6.32. The predicted octanol–water partition coefficient (Wildman–Crippen LogP) is 1.62. The van der Waals surface area contributed by atoms with Crippen molar-refractivity contribution in [2.45, 2.75) is 16.2 Å². The number of alkyl halides is 3. The maximum absolute atomic E-state index is 12.5. The third-order valence-corrected chi connectivity index (χ3v) is 3.28. The van der Waals surface area contributed by atoms with E-state index in [1.165, 1.54) is 18.2 Å². The summed E-state index contributed by atoms with van der Waals surface area (Å²) < 4.78 is 37.9. The molecule has 0 spiro atoms. The van der Waals surface area contributed by atoms with Crippen LogP contribution in [0.15, 0.2) is 28.3 Å². The Morgan fingerprint density at radius 3 is 2.55 bits per heavy atom. The smallest absolute Gasteiger partial charge is 0.399 e. The molecule has 0 saturated carbocycles. The monoisotopic (exact) mass is 300 g/mol. The van der Waals surface area contributed by atoms with Crippen LogP contribution in [0.1, 0.15) is 11.4 Å². The molecular weight excluding hydrogens is 293 g/mol. The van der Waals surface area contributed by atoms with E-state index in [0.29, 0.717) is 15.3 Å². The number of benzene rings is 1. The van der Waals surface area contributed by atoms with Gasteiger partial charge in [0.05, 0.1) is 5.56 Å². The third-order valence-electron chi connectivity index (χ3n) is 2.24. The number of hydrogen-bond acceptors (Lipinski definition) is 6. The van der Waals surface area contributed by atoms with E-state index < -0.39 is 12.0 Å². The number of halogens is 3. The quantitative estimate of drug-likeness (QED) is 0.644. The van der Waals surface area contributed by atoms with E-state index in [1.54, 1.807) is 0 Å². The van der Waals surface area contributed by atoms with E-state index in [0.717, 1.165) is 11.8 Å². The number of rotatable bonds is 2. The SMILES string of the molecule is N#Cc1cc(N)ccc1Sc1nnc(C(F)(F)F)n1N. The first-order valence-electron chi connectivity index (χ1n) is 5.08. The summed E-state index contributed by atoms with van der Waals surface area (Å²) in [7, 11) is 0. The molecule has 0 unspecified atom stereocenters. The second-order valence-electron chi connectivity index (χ2n) is 3.64. The van der Waals surface area contributed by atoms with Crippen molar-refractivity contribution in [3.8, 4) is 6.07 Å². The molecule has 104 valence electrons. The minimum atomic E-state index is -4.69. The predicted molar refractivity (Wildman–Crippen MR) is 64.9 cm³/mol. The van der Waals surface area contributed by atoms with Crippen molar-refractivity contribution < 1.29 is 13.2 Å². The average molecular weight is 300 g/mol. The van der Waals surface area contributed by atoms with Gasteiger partial charge >= 0.3 is 6.18 Å². The molecule has 0 amide bonds. The summed E-state index contributed by atoms with van der Waals surface area (Å²) in [5.41, 5.74) is 6.11. The van der Waals surface area contributed by atoms with Crippen molar-refractivity contribution in [2.24, 2.45) is 0 Å². The van der Waals surface area contributed by atoms with Crippen molar-refractivity contribution in [3.63, 3.8) is 0 Å². The van der Waals surface area contributed by atoms with E-state index in [2.05, 4.69) is 10.2 Å². The van der Waals surface area contributed by atoms with Gasteiger partial charge in [-0.05, 0) is 30.0 Å². The average Bonchev–Trinajstić information content (AvgIpc) is 2.73. The van der Waals surface area contributed by atoms with Crippen LogP contribution in [0.2, 0.25) is 0 Å². The summed E-state index contributed by atoms with van der Waals surface area (Å²) in [6.45, 7) is 0. The van der Waals surface area contributed by atoms with Gasteiger partial charge in [0.15, 0.2) is 0 Å². The molecule has 0 aliphatic carbocycles. The van der Waals surface area contributed by atoms with Gasteiger partial charge in [0.2, 0.25) is 5.16 Å². The highest BCUT2D eigenvalue weighted by molar-refractivity contribution is 7.99. The normalized spacial score (nSPS) is 11.3. The van der Waals surface area contributed by atoms with E-state index >= 15 is 0 Å². The molecule has 0 aliphatic heterocycles. The van der Waals surface area contributed by atoms with Gasteiger partial charge < -0.3 is 11.6 Å². The first-order chi connectivity index (χ1) is 9.32. The highest BCUT2D eigenvalue weighted by Gasteiger charge is 2.38. The molecule has 1 aromatic carbocycles. The van der Waals surface area contributed by atoms with Crippen LogP contribution < -0.4 is 11.6 Å². The molecule has 0 saturated heterocycles. The summed E-state index contributed by atoms with van der Waals surface area (Å²) in [5.74, 6) is 3.99. The van der Waals surface area contributed by atoms with Crippen LogP contribution >= 0.6 is 11.8 Å². The third kappa shape index (κ3) is 2.62. The largest absolute Gasteiger partial charge is 0.453 e. The van der Waals surface area contributed by atoms with Gasteiger partial charge in [-0.1, -0.05) is 0 Å². The Balaban J connectivity index is 2.37. The van der Waals surface area contributed by atoms with Crippen LogP contribution in [0.3, 0.4) is 0 Å². The Morgan fingerprint density at radius 2 is 2.00 bits per heavy atom. The molecule has 1 aromatic heterocycles. The Hall–Kier alpha value is -2.41. The molecule has 0 radical (unpaired) electrons. The Morgan fingerprint density at radius 1 is 1.30 bits per heavy atom. The van der Waals surface area contributed by atoms with Crippen LogP contribution in [0, 0.1) is 11.3 Å². The zero-order valence-corrected chi connectivity index (χ0v) is 10.5. The van der Waals surface area contributed by atoms with Crippen LogP contribution in [0.4, 0.5) is 18.9 Å². The summed E-state index contributed by atoms with van der Waals surface area (Å²) >= 11 is 0.797. The summed E-state index contributed by atoms with van der Waals surface area (Å²) in [5, 5.41) is 15.1. The molecule has 0 aliphatic rings. The minimum Gasteiger partial charge on any atom is -0.399 e. The fraction of sp³-hybridized carbons (Fsp3) is 0.100. The van der Waals surface area contributed by atoms with Crippen LogP contribution in [0.25, 0.3) is 0 Å². The number of nitrogens with two attached hydrogens (primary N) is 2. The number of anilines is 1. The topological polar surface area (TPSA) is 107 Å². The van der Waals surface area contributed by atoms with Gasteiger partial charge in [-0.25, -0.2) is 4.68 Å². The van der Waals surface area contributed by atoms with Crippen LogP contribution in [0.5, 0.6) is 0 Å². The Labute approximate surface area is 115 Å². The first kappa shape index (κ1) is 14.0. The van der Waals surface area contributed by atoms with Crippen molar-refractivity contribution in [2.75, 3.05) is 11.6 Å². The van der Waals surface area contributed by atoms with E-state index in [9.17, 15) is 13.2 Å². The lowest BCUT2D eigenvalue weighted by atomic mass is 10.2. The van der Waals surface area contributed by atoms with Gasteiger partial charge in [0, 0.05) is 10.6 Å². The van der Waals surface area contributed by atoms with Gasteiger partial charge in [0.25, 0.3) is 5.82 Å². The molecule has 10 heteroatoms. The van der Waals surface area contributed by atoms with Gasteiger partial charge in [0.1, 0.15) is 6.07 Å². The Kier molecular flexibility index (Phi) is 3.46. The maximum atomic E-state index is 12.5. The van der Waals surface area contributed by atoms with Gasteiger partial charge in [-0.15, -0.1) is 10.2 Å². The van der Waals surface area contributed by atoms with E-state index in [1.807, 2.05) is 6.07 Å². The second kappa shape index (κ2) is 4.93. The summed E-state index contributed by atoms with van der Waals surface area (Å²) in [6.07, 6.45) is -4.69. The van der Waals surface area contributed by atoms with Gasteiger partial charge in [-0.3, -0.25) is 0 Å². The lowest BCUT2D eigenvalue weighted by Gasteiger charge is -2.07. The van der Waals surface area contributed by atoms with Crippen molar-refractivity contribution in [1.82, 2.24) is 14.9 Å². The molecule has 1 heterocycles. The molecule has 0 atom stereocenters. The lowest BCUT2D eigenvalue weighted by molar-refractivity contribution is -0.146. The number of hydrogen-bond donors (Lipinski definition) is 2. The zero-order chi connectivity index (χ0) is 14.9. The standard InChI is InChI=1S/C10H7F3N6S/c11-10(12,13)8-17-18-9(19(8)16)20-7-2-1-6(15)3-5(7)4-14/h1-3H,15-16H2. The van der Waals surface area contributed by atoms with Crippen molar-refractivity contribution in [1.29, 1.82) is 5.26 Å². The number of nitrogens with zero attached hydrogens (tertiary/aromatic N) is 4. The van der Waals surface area contributed by atoms with Crippen LogP contribution in [-0.4, -0.2) is 14.9 Å². The first-order valence-corrected chi connectivity index (χ1v) is 5.89. The minimum absolute atomic E-state index is 0.182. The highest BCUT2D eigenvalue weighted by Crippen LogP contribution is 2.33. The number of aromatic nitrogens is 3. The molecule has 2 rings (SSSR count). The fourth-order valence-corrected chi connectivity index (χ4v) is 2.18. The van der Waals surface area contributed by atoms with Gasteiger partial charge in [-0.2, -0.15) is 18.4 Å². The molecule has 4 N–H and O–H groups in total. The molecule has 0 bridgehead atoms. The molecule has 0 fully saturated rings.